The van der Waals surface area contributed by atoms with Crippen LogP contribution < -0.4 is 10.1 Å². The highest BCUT2D eigenvalue weighted by Gasteiger charge is 2.30. The number of esters is 1. The zero-order valence-corrected chi connectivity index (χ0v) is 15.4. The van der Waals surface area contributed by atoms with Gasteiger partial charge in [-0.2, -0.15) is 13.2 Å². The van der Waals surface area contributed by atoms with Gasteiger partial charge in [0.25, 0.3) is 5.91 Å². The number of methoxy groups -OCH3 is 1. The molecule has 150 valence electrons. The molecule has 28 heavy (non-hydrogen) atoms. The fourth-order valence-electron chi connectivity index (χ4n) is 2.39. The number of rotatable bonds is 7. The van der Waals surface area contributed by atoms with Gasteiger partial charge in [0.1, 0.15) is 5.75 Å². The smallest absolute Gasteiger partial charge is 0.416 e. The summed E-state index contributed by atoms with van der Waals surface area (Å²) in [5, 5.41) is 2.63. The Bertz CT molecular complexity index is 819. The zero-order valence-electron chi connectivity index (χ0n) is 15.4. The van der Waals surface area contributed by atoms with Crippen LogP contribution in [0.5, 0.6) is 5.75 Å². The molecule has 0 fully saturated rings. The highest BCUT2D eigenvalue weighted by Crippen LogP contribution is 2.29. The Balaban J connectivity index is 1.84. The molecule has 0 unspecified atom stereocenters. The summed E-state index contributed by atoms with van der Waals surface area (Å²) in [6, 6.07) is 11.5. The number of carbonyl (C=O) groups excluding carboxylic acids is 2. The van der Waals surface area contributed by atoms with Crippen molar-refractivity contribution < 1.29 is 32.2 Å². The van der Waals surface area contributed by atoms with E-state index in [1.54, 1.807) is 31.4 Å². The fourth-order valence-corrected chi connectivity index (χ4v) is 2.39. The van der Waals surface area contributed by atoms with Gasteiger partial charge in [-0.05, 0) is 36.2 Å². The molecule has 0 aliphatic heterocycles. The van der Waals surface area contributed by atoms with Gasteiger partial charge in [0, 0.05) is 6.54 Å². The summed E-state index contributed by atoms with van der Waals surface area (Å²) in [5.74, 6) is -0.605. The summed E-state index contributed by atoms with van der Waals surface area (Å²) < 4.78 is 48.2. The number of ether oxygens (including phenoxy) is 2. The largest absolute Gasteiger partial charge is 0.497 e. The third kappa shape index (κ3) is 6.29. The zero-order chi connectivity index (χ0) is 20.7. The Hall–Kier alpha value is -3.03. The van der Waals surface area contributed by atoms with Crippen LogP contribution in [0.25, 0.3) is 0 Å². The lowest BCUT2D eigenvalue weighted by atomic mass is 10.1. The van der Waals surface area contributed by atoms with Crippen molar-refractivity contribution in [3.8, 4) is 5.75 Å². The molecular formula is C20H20F3NO4. The number of hydrogen-bond donors (Lipinski definition) is 1. The predicted octanol–water partition coefficient (Wildman–Crippen LogP) is 3.50. The molecule has 0 bridgehead atoms. The molecule has 8 heteroatoms. The van der Waals surface area contributed by atoms with E-state index in [-0.39, 0.29) is 18.5 Å². The minimum absolute atomic E-state index is 0.158. The van der Waals surface area contributed by atoms with Crippen LogP contribution in [0.2, 0.25) is 0 Å². The molecule has 0 radical (unpaired) electrons. The number of carbonyl (C=O) groups is 2. The van der Waals surface area contributed by atoms with Crippen LogP contribution in [0.3, 0.4) is 0 Å². The van der Waals surface area contributed by atoms with Gasteiger partial charge in [-0.3, -0.25) is 9.59 Å². The first kappa shape index (κ1) is 21.3. The topological polar surface area (TPSA) is 64.6 Å². The van der Waals surface area contributed by atoms with Crippen molar-refractivity contribution in [3.63, 3.8) is 0 Å². The highest BCUT2D eigenvalue weighted by atomic mass is 19.4. The summed E-state index contributed by atoms with van der Waals surface area (Å²) in [4.78, 5) is 24.0. The van der Waals surface area contributed by atoms with E-state index in [4.69, 9.17) is 9.47 Å². The third-order valence-electron chi connectivity index (χ3n) is 3.91. The van der Waals surface area contributed by atoms with Crippen LogP contribution >= 0.6 is 0 Å². The standard InChI is InChI=1S/C20H20F3NO4/c1-13(19(26)24-12-14-6-8-17(27-2)9-7-14)28-18(25)11-15-4-3-5-16(10-15)20(21,22)23/h3-10,13H,11-12H2,1-2H3,(H,24,26)/t13-/m0/s1. The van der Waals surface area contributed by atoms with E-state index in [9.17, 15) is 22.8 Å². The van der Waals surface area contributed by atoms with Crippen LogP contribution in [-0.4, -0.2) is 25.1 Å². The number of alkyl halides is 3. The van der Waals surface area contributed by atoms with Gasteiger partial charge in [-0.1, -0.05) is 30.3 Å². The summed E-state index contributed by atoms with van der Waals surface area (Å²) in [5.41, 5.74) is 0.144. The van der Waals surface area contributed by atoms with Gasteiger partial charge in [-0.25, -0.2) is 0 Å². The maximum absolute atomic E-state index is 12.7. The van der Waals surface area contributed by atoms with Gasteiger partial charge < -0.3 is 14.8 Å². The second-order valence-corrected chi connectivity index (χ2v) is 6.07. The molecule has 0 heterocycles. The van der Waals surface area contributed by atoms with E-state index in [1.165, 1.54) is 19.1 Å². The van der Waals surface area contributed by atoms with Crippen LogP contribution in [0.15, 0.2) is 48.5 Å². The number of hydrogen-bond acceptors (Lipinski definition) is 4. The van der Waals surface area contributed by atoms with E-state index in [1.807, 2.05) is 0 Å². The molecule has 1 atom stereocenters. The molecule has 0 aromatic heterocycles. The fraction of sp³-hybridized carbons (Fsp3) is 0.300. The van der Waals surface area contributed by atoms with Crippen molar-refractivity contribution in [1.29, 1.82) is 0 Å². The summed E-state index contributed by atoms with van der Waals surface area (Å²) in [7, 11) is 1.55. The number of nitrogens with one attached hydrogen (secondary N) is 1. The SMILES string of the molecule is COc1ccc(CNC(=O)[C@H](C)OC(=O)Cc2cccc(C(F)(F)F)c2)cc1. The van der Waals surface area contributed by atoms with Crippen molar-refractivity contribution in [1.82, 2.24) is 5.32 Å². The Morgan fingerprint density at radius 2 is 1.75 bits per heavy atom. The normalized spacial score (nSPS) is 12.2. The Morgan fingerprint density at radius 1 is 1.07 bits per heavy atom. The van der Waals surface area contributed by atoms with Crippen molar-refractivity contribution in [3.05, 3.63) is 65.2 Å². The predicted molar refractivity (Wildman–Crippen MR) is 95.5 cm³/mol. The highest BCUT2D eigenvalue weighted by molar-refractivity contribution is 5.83. The molecule has 2 aromatic rings. The summed E-state index contributed by atoms with van der Waals surface area (Å²) >= 11 is 0. The van der Waals surface area contributed by atoms with Gasteiger partial charge in [0.2, 0.25) is 0 Å². The van der Waals surface area contributed by atoms with Gasteiger partial charge in [-0.15, -0.1) is 0 Å². The van der Waals surface area contributed by atoms with E-state index in [0.717, 1.165) is 17.7 Å². The van der Waals surface area contributed by atoms with E-state index >= 15 is 0 Å². The van der Waals surface area contributed by atoms with E-state index in [0.29, 0.717) is 5.75 Å². The quantitative estimate of drug-likeness (QED) is 0.729. The van der Waals surface area contributed by atoms with Gasteiger partial charge in [0.05, 0.1) is 19.1 Å². The lowest BCUT2D eigenvalue weighted by Gasteiger charge is -2.14. The lowest BCUT2D eigenvalue weighted by Crippen LogP contribution is -2.35. The van der Waals surface area contributed by atoms with Crippen LogP contribution in [0, 0.1) is 0 Å². The maximum atomic E-state index is 12.7. The Morgan fingerprint density at radius 3 is 2.36 bits per heavy atom. The molecule has 1 N–H and O–H groups in total. The van der Waals surface area contributed by atoms with Gasteiger partial charge >= 0.3 is 12.1 Å². The minimum atomic E-state index is -4.49. The summed E-state index contributed by atoms with van der Waals surface area (Å²) in [6.45, 7) is 1.63. The average Bonchev–Trinajstić information content (AvgIpc) is 2.65. The third-order valence-corrected chi connectivity index (χ3v) is 3.91. The Labute approximate surface area is 160 Å². The number of amides is 1. The van der Waals surface area contributed by atoms with Gasteiger partial charge in [0.15, 0.2) is 6.10 Å². The van der Waals surface area contributed by atoms with Crippen molar-refractivity contribution in [2.45, 2.75) is 32.2 Å². The van der Waals surface area contributed by atoms with Crippen LogP contribution in [0.1, 0.15) is 23.6 Å². The van der Waals surface area contributed by atoms with Crippen molar-refractivity contribution in [2.75, 3.05) is 7.11 Å². The second-order valence-electron chi connectivity index (χ2n) is 6.07. The second kappa shape index (κ2) is 9.25. The minimum Gasteiger partial charge on any atom is -0.497 e. The molecule has 0 saturated heterocycles. The van der Waals surface area contributed by atoms with E-state index in [2.05, 4.69) is 5.32 Å². The molecule has 2 rings (SSSR count). The first-order valence-corrected chi connectivity index (χ1v) is 8.45. The summed E-state index contributed by atoms with van der Waals surface area (Å²) in [6.07, 6.45) is -5.93. The lowest BCUT2D eigenvalue weighted by molar-refractivity contribution is -0.154. The first-order chi connectivity index (χ1) is 13.2. The molecule has 1 amide bonds. The van der Waals surface area contributed by atoms with Crippen LogP contribution in [0.4, 0.5) is 13.2 Å². The van der Waals surface area contributed by atoms with Crippen LogP contribution in [-0.2, 0) is 33.5 Å². The molecular weight excluding hydrogens is 375 g/mol. The number of halogens is 3. The molecule has 0 aliphatic carbocycles. The Kier molecular flexibility index (Phi) is 7.03. The average molecular weight is 395 g/mol. The van der Waals surface area contributed by atoms with Crippen molar-refractivity contribution in [2.24, 2.45) is 0 Å². The number of benzene rings is 2. The maximum Gasteiger partial charge on any atom is 0.416 e. The first-order valence-electron chi connectivity index (χ1n) is 8.45. The molecule has 0 spiro atoms. The molecule has 5 nitrogen and oxygen atoms in total. The monoisotopic (exact) mass is 395 g/mol. The molecule has 0 saturated carbocycles. The van der Waals surface area contributed by atoms with E-state index < -0.39 is 29.7 Å². The molecule has 0 aliphatic rings. The molecule has 2 aromatic carbocycles. The van der Waals surface area contributed by atoms with Crippen molar-refractivity contribution >= 4 is 11.9 Å².